The Bertz CT molecular complexity index is 571. The summed E-state index contributed by atoms with van der Waals surface area (Å²) in [6, 6.07) is 4.77. The summed E-state index contributed by atoms with van der Waals surface area (Å²) < 4.78 is 15.5. The van der Waals surface area contributed by atoms with Gasteiger partial charge in [-0.15, -0.1) is 0 Å². The summed E-state index contributed by atoms with van der Waals surface area (Å²) in [6.07, 6.45) is 1.24. The minimum atomic E-state index is -1.28. The Labute approximate surface area is 103 Å². The highest BCUT2D eigenvalue weighted by molar-refractivity contribution is 5.96. The number of carbonyl (C=O) groups is 1. The molecule has 1 N–H and O–H groups in total. The van der Waals surface area contributed by atoms with Crippen molar-refractivity contribution in [2.75, 3.05) is 13.9 Å². The number of nitrogens with zero attached hydrogens (tertiary/aromatic N) is 1. The molecular formula is C12H9NO5. The molecule has 0 saturated carbocycles. The standard InChI is InChI=1S/C12H9NO5/c1-16-9-3-7(2-8(5-13)12(14)15)4-10-11(9)18-6-17-10/h2-4H,6H2,1H3,(H,14,15)/b8-2-. The van der Waals surface area contributed by atoms with E-state index in [1.165, 1.54) is 13.2 Å². The molecule has 0 aromatic heterocycles. The molecular weight excluding hydrogens is 238 g/mol. The van der Waals surface area contributed by atoms with E-state index in [1.807, 2.05) is 0 Å². The van der Waals surface area contributed by atoms with Gasteiger partial charge in [-0.3, -0.25) is 0 Å². The predicted octanol–water partition coefficient (Wildman–Crippen LogP) is 1.42. The van der Waals surface area contributed by atoms with Crippen LogP contribution >= 0.6 is 0 Å². The molecule has 2 rings (SSSR count). The fraction of sp³-hybridized carbons (Fsp3) is 0.167. The summed E-state index contributed by atoms with van der Waals surface area (Å²) in [5, 5.41) is 17.5. The van der Waals surface area contributed by atoms with Crippen LogP contribution in [-0.2, 0) is 4.79 Å². The minimum Gasteiger partial charge on any atom is -0.493 e. The lowest BCUT2D eigenvalue weighted by molar-refractivity contribution is -0.132. The van der Waals surface area contributed by atoms with Crippen molar-refractivity contribution < 1.29 is 24.1 Å². The van der Waals surface area contributed by atoms with Gasteiger partial charge < -0.3 is 19.3 Å². The number of carboxylic acid groups (broad SMARTS) is 1. The highest BCUT2D eigenvalue weighted by Crippen LogP contribution is 2.42. The molecule has 0 amide bonds. The number of hydrogen-bond donors (Lipinski definition) is 1. The molecule has 1 aromatic rings. The average Bonchev–Trinajstić information content (AvgIpc) is 2.82. The molecule has 0 aliphatic carbocycles. The van der Waals surface area contributed by atoms with E-state index >= 15 is 0 Å². The molecule has 92 valence electrons. The third kappa shape index (κ3) is 2.06. The van der Waals surface area contributed by atoms with Crippen LogP contribution in [0.2, 0.25) is 0 Å². The van der Waals surface area contributed by atoms with Crippen molar-refractivity contribution in [2.45, 2.75) is 0 Å². The second-order valence-electron chi connectivity index (χ2n) is 3.43. The number of ether oxygens (including phenoxy) is 3. The summed E-state index contributed by atoms with van der Waals surface area (Å²) in [7, 11) is 1.47. The molecule has 18 heavy (non-hydrogen) atoms. The predicted molar refractivity (Wildman–Crippen MR) is 60.3 cm³/mol. The highest BCUT2D eigenvalue weighted by Gasteiger charge is 2.20. The number of rotatable bonds is 3. The normalized spacial score (nSPS) is 13.0. The van der Waals surface area contributed by atoms with Crippen molar-refractivity contribution in [1.29, 1.82) is 5.26 Å². The monoisotopic (exact) mass is 247 g/mol. The number of fused-ring (bicyclic) bond motifs is 1. The third-order valence-corrected chi connectivity index (χ3v) is 2.34. The molecule has 1 aliphatic heterocycles. The van der Waals surface area contributed by atoms with Crippen LogP contribution < -0.4 is 14.2 Å². The molecule has 0 bridgehead atoms. The van der Waals surface area contributed by atoms with Gasteiger partial charge in [0.2, 0.25) is 12.5 Å². The van der Waals surface area contributed by atoms with Gasteiger partial charge in [-0.1, -0.05) is 0 Å². The number of aliphatic carboxylic acids is 1. The fourth-order valence-electron chi connectivity index (χ4n) is 1.54. The maximum Gasteiger partial charge on any atom is 0.346 e. The van der Waals surface area contributed by atoms with E-state index in [-0.39, 0.29) is 12.4 Å². The second-order valence-corrected chi connectivity index (χ2v) is 3.43. The van der Waals surface area contributed by atoms with Crippen LogP contribution in [0.5, 0.6) is 17.2 Å². The molecule has 6 nitrogen and oxygen atoms in total. The Balaban J connectivity index is 2.48. The van der Waals surface area contributed by atoms with Gasteiger partial charge in [0.1, 0.15) is 11.6 Å². The number of methoxy groups -OCH3 is 1. The molecule has 0 spiro atoms. The number of carboxylic acids is 1. The Morgan fingerprint density at radius 2 is 2.33 bits per heavy atom. The molecule has 1 aliphatic rings. The summed E-state index contributed by atoms with van der Waals surface area (Å²) in [4.78, 5) is 10.7. The lowest BCUT2D eigenvalue weighted by atomic mass is 10.1. The zero-order valence-corrected chi connectivity index (χ0v) is 9.47. The summed E-state index contributed by atoms with van der Waals surface area (Å²) in [5.41, 5.74) is 0.131. The van der Waals surface area contributed by atoms with E-state index in [2.05, 4.69) is 0 Å². The van der Waals surface area contributed by atoms with Crippen molar-refractivity contribution in [2.24, 2.45) is 0 Å². The van der Waals surface area contributed by atoms with Crippen molar-refractivity contribution in [3.63, 3.8) is 0 Å². The van der Waals surface area contributed by atoms with Crippen molar-refractivity contribution in [3.05, 3.63) is 23.3 Å². The van der Waals surface area contributed by atoms with Gasteiger partial charge >= 0.3 is 5.97 Å². The number of benzene rings is 1. The van der Waals surface area contributed by atoms with Crippen LogP contribution in [0.25, 0.3) is 6.08 Å². The second kappa shape index (κ2) is 4.67. The van der Waals surface area contributed by atoms with Crippen LogP contribution in [0, 0.1) is 11.3 Å². The first-order chi connectivity index (χ1) is 8.65. The molecule has 1 heterocycles. The van der Waals surface area contributed by atoms with Crippen molar-refractivity contribution >= 4 is 12.0 Å². The van der Waals surface area contributed by atoms with Gasteiger partial charge in [-0.05, 0) is 23.8 Å². The zero-order valence-electron chi connectivity index (χ0n) is 9.47. The van der Waals surface area contributed by atoms with Gasteiger partial charge in [0.05, 0.1) is 7.11 Å². The van der Waals surface area contributed by atoms with Crippen LogP contribution in [0.1, 0.15) is 5.56 Å². The first-order valence-electron chi connectivity index (χ1n) is 4.98. The van der Waals surface area contributed by atoms with E-state index in [4.69, 9.17) is 24.6 Å². The molecule has 0 radical (unpaired) electrons. The van der Waals surface area contributed by atoms with Crippen LogP contribution in [0.15, 0.2) is 17.7 Å². The van der Waals surface area contributed by atoms with E-state index in [9.17, 15) is 4.79 Å². The molecule has 1 aromatic carbocycles. The van der Waals surface area contributed by atoms with Gasteiger partial charge in [0.25, 0.3) is 0 Å². The van der Waals surface area contributed by atoms with E-state index in [0.29, 0.717) is 22.8 Å². The fourth-order valence-corrected chi connectivity index (χ4v) is 1.54. The summed E-state index contributed by atoms with van der Waals surface area (Å²) >= 11 is 0. The van der Waals surface area contributed by atoms with Gasteiger partial charge in [-0.2, -0.15) is 5.26 Å². The topological polar surface area (TPSA) is 88.8 Å². The van der Waals surface area contributed by atoms with Gasteiger partial charge in [-0.25, -0.2) is 4.79 Å². The Morgan fingerprint density at radius 1 is 1.56 bits per heavy atom. The first-order valence-corrected chi connectivity index (χ1v) is 4.98. The number of nitriles is 1. The third-order valence-electron chi connectivity index (χ3n) is 2.34. The SMILES string of the molecule is COc1cc(/C=C(/C#N)C(=O)O)cc2c1OCO2. The molecule has 0 atom stereocenters. The summed E-state index contributed by atoms with van der Waals surface area (Å²) in [6.45, 7) is 0.0862. The molecule has 0 unspecified atom stereocenters. The van der Waals surface area contributed by atoms with Crippen molar-refractivity contribution in [1.82, 2.24) is 0 Å². The van der Waals surface area contributed by atoms with Gasteiger partial charge in [0, 0.05) is 0 Å². The number of hydrogen-bond acceptors (Lipinski definition) is 5. The lowest BCUT2D eigenvalue weighted by Gasteiger charge is -2.05. The van der Waals surface area contributed by atoms with Crippen LogP contribution in [0.3, 0.4) is 0 Å². The quantitative estimate of drug-likeness (QED) is 0.641. The molecule has 6 heteroatoms. The first kappa shape index (κ1) is 11.8. The zero-order chi connectivity index (χ0) is 13.1. The largest absolute Gasteiger partial charge is 0.493 e. The van der Waals surface area contributed by atoms with Crippen molar-refractivity contribution in [3.8, 4) is 23.3 Å². The Hall–Kier alpha value is -2.68. The summed E-state index contributed by atoms with van der Waals surface area (Å²) in [5.74, 6) is 0.0832. The smallest absolute Gasteiger partial charge is 0.346 e. The van der Waals surface area contributed by atoms with Gasteiger partial charge in [0.15, 0.2) is 11.5 Å². The maximum absolute atomic E-state index is 10.7. The average molecular weight is 247 g/mol. The van der Waals surface area contributed by atoms with E-state index in [0.717, 1.165) is 0 Å². The Kier molecular flexibility index (Phi) is 3.06. The maximum atomic E-state index is 10.7. The van der Waals surface area contributed by atoms with Crippen LogP contribution in [-0.4, -0.2) is 25.0 Å². The molecule has 0 fully saturated rings. The molecule has 0 saturated heterocycles. The lowest BCUT2D eigenvalue weighted by Crippen LogP contribution is -1.97. The highest BCUT2D eigenvalue weighted by atomic mass is 16.7. The minimum absolute atomic E-state index is 0.0862. The van der Waals surface area contributed by atoms with E-state index < -0.39 is 5.97 Å². The van der Waals surface area contributed by atoms with E-state index in [1.54, 1.807) is 18.2 Å². The Morgan fingerprint density at radius 3 is 2.94 bits per heavy atom. The van der Waals surface area contributed by atoms with Crippen LogP contribution in [0.4, 0.5) is 0 Å².